The standard InChI is InChI=1S/C34H32N2O2/c1-3-5-11-23(4-2)22-36-33(37)28-15-10-14-25-24(18-19-29(32(25)28)34(36)38)20-21-35-30-16-8-6-12-26(30)27-13-7-9-17-31(27)35/h6-10,12-21,23H,3-5,11,22H2,1-2H3/b21-20+. The highest BCUT2D eigenvalue weighted by Crippen LogP contribution is 2.34. The number of para-hydroxylation sites is 2. The smallest absolute Gasteiger partial charge is 0.261 e. The molecule has 190 valence electrons. The molecule has 2 amide bonds. The van der Waals surface area contributed by atoms with Gasteiger partial charge in [-0.05, 0) is 53.6 Å². The number of rotatable bonds is 8. The van der Waals surface area contributed by atoms with E-state index in [-0.39, 0.29) is 11.8 Å². The van der Waals surface area contributed by atoms with Gasteiger partial charge < -0.3 is 4.57 Å². The van der Waals surface area contributed by atoms with Crippen molar-refractivity contribution >= 4 is 56.7 Å². The summed E-state index contributed by atoms with van der Waals surface area (Å²) in [5, 5.41) is 4.12. The zero-order valence-corrected chi connectivity index (χ0v) is 22.0. The van der Waals surface area contributed by atoms with Crippen molar-refractivity contribution in [3.05, 3.63) is 95.6 Å². The van der Waals surface area contributed by atoms with Gasteiger partial charge in [0.05, 0.1) is 11.0 Å². The maximum Gasteiger partial charge on any atom is 0.261 e. The maximum atomic E-state index is 13.6. The normalized spacial score (nSPS) is 14.4. The van der Waals surface area contributed by atoms with Crippen LogP contribution in [0.4, 0.5) is 0 Å². The Balaban J connectivity index is 1.41. The highest BCUT2D eigenvalue weighted by molar-refractivity contribution is 6.26. The lowest BCUT2D eigenvalue weighted by Gasteiger charge is -2.30. The number of fused-ring (bicyclic) bond motifs is 3. The number of carbonyl (C=O) groups excluding carboxylic acids is 2. The van der Waals surface area contributed by atoms with Crippen molar-refractivity contribution in [1.82, 2.24) is 9.47 Å². The number of nitrogens with zero attached hydrogens (tertiary/aromatic N) is 2. The topological polar surface area (TPSA) is 42.3 Å². The minimum Gasteiger partial charge on any atom is -0.316 e. The van der Waals surface area contributed by atoms with E-state index in [2.05, 4.69) is 79.2 Å². The Bertz CT molecular complexity index is 1650. The lowest BCUT2D eigenvalue weighted by molar-refractivity contribution is 0.0580. The molecule has 0 saturated carbocycles. The summed E-state index contributed by atoms with van der Waals surface area (Å²) >= 11 is 0. The molecule has 4 aromatic carbocycles. The van der Waals surface area contributed by atoms with Crippen molar-refractivity contribution in [1.29, 1.82) is 0 Å². The van der Waals surface area contributed by atoms with Crippen LogP contribution in [0.25, 0.3) is 44.9 Å². The largest absolute Gasteiger partial charge is 0.316 e. The maximum absolute atomic E-state index is 13.6. The zero-order valence-electron chi connectivity index (χ0n) is 22.0. The van der Waals surface area contributed by atoms with Gasteiger partial charge in [0.1, 0.15) is 0 Å². The first kappa shape index (κ1) is 24.2. The zero-order chi connectivity index (χ0) is 26.2. The molecule has 0 aliphatic carbocycles. The molecule has 4 heteroatoms. The van der Waals surface area contributed by atoms with E-state index in [0.717, 1.165) is 53.1 Å². The van der Waals surface area contributed by atoms with E-state index in [0.29, 0.717) is 23.6 Å². The quantitative estimate of drug-likeness (QED) is 0.201. The Morgan fingerprint density at radius 3 is 2.03 bits per heavy atom. The van der Waals surface area contributed by atoms with Gasteiger partial charge in [0.2, 0.25) is 0 Å². The van der Waals surface area contributed by atoms with Gasteiger partial charge >= 0.3 is 0 Å². The van der Waals surface area contributed by atoms with Crippen LogP contribution in [-0.2, 0) is 0 Å². The van der Waals surface area contributed by atoms with Crippen LogP contribution < -0.4 is 0 Å². The Morgan fingerprint density at radius 2 is 1.37 bits per heavy atom. The third-order valence-electron chi connectivity index (χ3n) is 8.03. The van der Waals surface area contributed by atoms with Gasteiger partial charge in [-0.3, -0.25) is 14.5 Å². The third kappa shape index (κ3) is 3.92. The third-order valence-corrected chi connectivity index (χ3v) is 8.03. The first-order valence-corrected chi connectivity index (χ1v) is 13.7. The Labute approximate surface area is 223 Å². The van der Waals surface area contributed by atoms with Crippen LogP contribution in [0.15, 0.2) is 78.9 Å². The molecule has 4 nitrogen and oxygen atoms in total. The molecular weight excluding hydrogens is 468 g/mol. The van der Waals surface area contributed by atoms with E-state index in [1.165, 1.54) is 15.7 Å². The van der Waals surface area contributed by atoms with Gasteiger partial charge in [0, 0.05) is 40.0 Å². The van der Waals surface area contributed by atoms with Gasteiger partial charge in [-0.15, -0.1) is 0 Å². The number of hydrogen-bond acceptors (Lipinski definition) is 2. The van der Waals surface area contributed by atoms with Crippen molar-refractivity contribution in [3.8, 4) is 0 Å². The van der Waals surface area contributed by atoms with Gasteiger partial charge in [0.25, 0.3) is 11.8 Å². The number of imide groups is 1. The second kappa shape index (κ2) is 9.94. The number of benzene rings is 4. The average molecular weight is 501 g/mol. The van der Waals surface area contributed by atoms with Crippen molar-refractivity contribution in [2.45, 2.75) is 39.5 Å². The Hall–Kier alpha value is -4.18. The molecule has 1 unspecified atom stereocenters. The Morgan fingerprint density at radius 1 is 0.737 bits per heavy atom. The molecule has 1 aliphatic heterocycles. The van der Waals surface area contributed by atoms with Crippen molar-refractivity contribution in [2.24, 2.45) is 5.92 Å². The van der Waals surface area contributed by atoms with Crippen LogP contribution in [0.2, 0.25) is 0 Å². The summed E-state index contributed by atoms with van der Waals surface area (Å²) < 4.78 is 2.21. The first-order valence-electron chi connectivity index (χ1n) is 13.7. The molecular formula is C34H32N2O2. The van der Waals surface area contributed by atoms with Crippen LogP contribution in [0.1, 0.15) is 65.8 Å². The van der Waals surface area contributed by atoms with Gasteiger partial charge in [-0.25, -0.2) is 0 Å². The fraction of sp³-hybridized carbons (Fsp3) is 0.235. The molecule has 0 fully saturated rings. The van der Waals surface area contributed by atoms with Crippen molar-refractivity contribution in [3.63, 3.8) is 0 Å². The average Bonchev–Trinajstić information content (AvgIpc) is 3.28. The Kier molecular flexibility index (Phi) is 6.32. The van der Waals surface area contributed by atoms with Crippen molar-refractivity contribution in [2.75, 3.05) is 6.54 Å². The summed E-state index contributed by atoms with van der Waals surface area (Å²) in [6, 6.07) is 26.5. The number of aromatic nitrogens is 1. The SMILES string of the molecule is CCCCC(CC)CN1C(=O)c2cccc3c(/C=C/n4c5ccccc5c5ccccc54)ccc(c23)C1=O. The molecule has 1 aliphatic rings. The van der Waals surface area contributed by atoms with Crippen LogP contribution in [0.5, 0.6) is 0 Å². The number of carbonyl (C=O) groups is 2. The summed E-state index contributed by atoms with van der Waals surface area (Å²) in [5.74, 6) is -0.0184. The summed E-state index contributed by atoms with van der Waals surface area (Å²) in [5.41, 5.74) is 4.50. The molecule has 5 aromatic rings. The predicted octanol–water partition coefficient (Wildman–Crippen LogP) is 8.39. The fourth-order valence-corrected chi connectivity index (χ4v) is 5.92. The van der Waals surface area contributed by atoms with E-state index in [1.807, 2.05) is 30.3 Å². The van der Waals surface area contributed by atoms with Crippen LogP contribution in [0, 0.1) is 5.92 Å². The highest BCUT2D eigenvalue weighted by atomic mass is 16.2. The molecule has 0 spiro atoms. The van der Waals surface area contributed by atoms with E-state index >= 15 is 0 Å². The summed E-state index contributed by atoms with van der Waals surface area (Å²) in [7, 11) is 0. The van der Waals surface area contributed by atoms with E-state index in [1.54, 1.807) is 0 Å². The van der Waals surface area contributed by atoms with Gasteiger partial charge in [-0.1, -0.05) is 87.7 Å². The molecule has 0 N–H and O–H groups in total. The molecule has 2 heterocycles. The summed E-state index contributed by atoms with van der Waals surface area (Å²) in [6.45, 7) is 4.80. The molecule has 0 bridgehead atoms. The fourth-order valence-electron chi connectivity index (χ4n) is 5.92. The summed E-state index contributed by atoms with van der Waals surface area (Å²) in [4.78, 5) is 28.6. The monoisotopic (exact) mass is 500 g/mol. The first-order chi connectivity index (χ1) is 18.6. The second-order valence-corrected chi connectivity index (χ2v) is 10.3. The highest BCUT2D eigenvalue weighted by Gasteiger charge is 2.34. The van der Waals surface area contributed by atoms with Gasteiger partial charge in [0.15, 0.2) is 0 Å². The molecule has 0 saturated heterocycles. The van der Waals surface area contributed by atoms with Crippen LogP contribution >= 0.6 is 0 Å². The predicted molar refractivity (Wildman–Crippen MR) is 157 cm³/mol. The van der Waals surface area contributed by atoms with Crippen LogP contribution in [-0.4, -0.2) is 27.8 Å². The van der Waals surface area contributed by atoms with Crippen LogP contribution in [0.3, 0.4) is 0 Å². The number of unbranched alkanes of at least 4 members (excludes halogenated alkanes) is 1. The minimum atomic E-state index is -0.174. The van der Waals surface area contributed by atoms with E-state index in [4.69, 9.17) is 0 Å². The lowest BCUT2D eigenvalue weighted by Crippen LogP contribution is -2.43. The minimum absolute atomic E-state index is 0.174. The van der Waals surface area contributed by atoms with Gasteiger partial charge in [-0.2, -0.15) is 0 Å². The molecule has 6 rings (SSSR count). The molecule has 1 aromatic heterocycles. The lowest BCUT2D eigenvalue weighted by atomic mass is 9.90. The van der Waals surface area contributed by atoms with Crippen molar-refractivity contribution < 1.29 is 9.59 Å². The second-order valence-electron chi connectivity index (χ2n) is 10.3. The molecule has 0 radical (unpaired) electrons. The van der Waals surface area contributed by atoms with E-state index in [9.17, 15) is 9.59 Å². The molecule has 38 heavy (non-hydrogen) atoms. The summed E-state index contributed by atoms with van der Waals surface area (Å²) in [6.07, 6.45) is 8.40. The number of hydrogen-bond donors (Lipinski definition) is 0. The molecule has 1 atom stereocenters. The number of amides is 2. The van der Waals surface area contributed by atoms with E-state index < -0.39 is 0 Å².